The van der Waals surface area contributed by atoms with E-state index < -0.39 is 11.4 Å². The normalized spacial score (nSPS) is 10.6. The van der Waals surface area contributed by atoms with E-state index in [4.69, 9.17) is 19.1 Å². The Kier molecular flexibility index (Phi) is 9.17. The van der Waals surface area contributed by atoms with Crippen LogP contribution in [-0.2, 0) is 13.2 Å². The van der Waals surface area contributed by atoms with Gasteiger partial charge in [-0.1, -0.05) is 36.4 Å². The van der Waals surface area contributed by atoms with Gasteiger partial charge in [0.05, 0.1) is 6.61 Å². The average molecular weight is 484 g/mol. The van der Waals surface area contributed by atoms with E-state index in [1.54, 1.807) is 0 Å². The van der Waals surface area contributed by atoms with Gasteiger partial charge in [-0.3, -0.25) is 9.53 Å². The predicted octanol–water partition coefficient (Wildman–Crippen LogP) is 0.0449. The quantitative estimate of drug-likeness (QED) is 0.335. The number of hydrogen-bond acceptors (Lipinski definition) is 6. The summed E-state index contributed by atoms with van der Waals surface area (Å²) < 4.78 is 17.2. The van der Waals surface area contributed by atoms with E-state index >= 15 is 0 Å². The molecule has 0 atom stereocenters. The van der Waals surface area contributed by atoms with Crippen LogP contribution in [0.25, 0.3) is 11.1 Å². The van der Waals surface area contributed by atoms with Crippen LogP contribution in [0.1, 0.15) is 22.3 Å². The van der Waals surface area contributed by atoms with Gasteiger partial charge in [0.1, 0.15) is 24.7 Å². The molecule has 35 heavy (non-hydrogen) atoms. The third-order valence-corrected chi connectivity index (χ3v) is 5.53. The Bertz CT molecular complexity index is 1390. The number of aromatic nitrogens is 2. The Morgan fingerprint density at radius 2 is 1.69 bits per heavy atom. The first kappa shape index (κ1) is 26.6. The van der Waals surface area contributed by atoms with Crippen LogP contribution in [-0.4, -0.2) is 23.1 Å². The maximum atomic E-state index is 11.5. The van der Waals surface area contributed by atoms with Crippen molar-refractivity contribution in [1.82, 2.24) is 9.72 Å². The molecule has 1 heterocycles. The van der Waals surface area contributed by atoms with Crippen molar-refractivity contribution in [3.05, 3.63) is 104 Å². The van der Waals surface area contributed by atoms with Gasteiger partial charge in [-0.25, -0.2) is 4.79 Å². The van der Waals surface area contributed by atoms with Crippen LogP contribution >= 0.6 is 0 Å². The van der Waals surface area contributed by atoms with Gasteiger partial charge in [-0.05, 0) is 71.5 Å². The zero-order chi connectivity index (χ0) is 24.1. The summed E-state index contributed by atoms with van der Waals surface area (Å²) in [7, 11) is 0. The number of rotatable bonds is 9. The number of benzene rings is 3. The van der Waals surface area contributed by atoms with Gasteiger partial charge >= 0.3 is 35.3 Å². The van der Waals surface area contributed by atoms with E-state index in [1.165, 1.54) is 0 Å². The average Bonchev–Trinajstić information content (AvgIpc) is 3.14. The molecule has 0 fully saturated rings. The largest absolute Gasteiger partial charge is 1.00 e. The summed E-state index contributed by atoms with van der Waals surface area (Å²) in [6, 6.07) is 19.3. The molecular formula is C26H25N2NaO6. The first-order valence-electron chi connectivity index (χ1n) is 10.8. The molecule has 4 aromatic rings. The summed E-state index contributed by atoms with van der Waals surface area (Å²) >= 11 is 0. The third-order valence-electron chi connectivity index (χ3n) is 5.53. The monoisotopic (exact) mass is 484 g/mol. The maximum Gasteiger partial charge on any atom is 1.00 e. The van der Waals surface area contributed by atoms with Gasteiger partial charge in [0.2, 0.25) is 0 Å². The van der Waals surface area contributed by atoms with Crippen molar-refractivity contribution < 1.29 is 48.7 Å². The van der Waals surface area contributed by atoms with Gasteiger partial charge in [-0.15, -0.1) is 0 Å². The Balaban J connectivity index is 0.00000342. The maximum absolute atomic E-state index is 11.5. The molecule has 8 nitrogen and oxygen atoms in total. The van der Waals surface area contributed by atoms with Gasteiger partial charge < -0.3 is 24.1 Å². The van der Waals surface area contributed by atoms with E-state index in [0.717, 1.165) is 43.9 Å². The van der Waals surface area contributed by atoms with Crippen LogP contribution in [0.15, 0.2) is 74.8 Å². The van der Waals surface area contributed by atoms with E-state index in [-0.39, 0.29) is 49.3 Å². The summed E-state index contributed by atoms with van der Waals surface area (Å²) in [5, 5.41) is 8.95. The molecule has 0 aliphatic rings. The van der Waals surface area contributed by atoms with Crippen LogP contribution in [0.5, 0.6) is 11.5 Å². The summed E-state index contributed by atoms with van der Waals surface area (Å²) in [4.78, 5) is 25.8. The standard InChI is InChI=1S/C26H26N2O6.Na/c1-17-14-22(32-13-12-29)10-11-23(17)24-5-3-4-20(18(24)2)16-33-21-8-6-19(7-9-21)15-28-25(30)27-26(31)34-28;/h3-11,14,29H,12-13,15-16H2,1-2H3,(H,27,30,31);/q;+1/p-1. The number of hydrogen-bond donors (Lipinski definition) is 1. The molecule has 0 saturated heterocycles. The van der Waals surface area contributed by atoms with E-state index in [9.17, 15) is 9.59 Å². The van der Waals surface area contributed by atoms with E-state index in [1.807, 2.05) is 61.5 Å². The molecule has 0 spiro atoms. The number of ether oxygens (including phenoxy) is 2. The molecule has 4 rings (SSSR count). The van der Waals surface area contributed by atoms with Crippen molar-refractivity contribution in [3.63, 3.8) is 0 Å². The molecule has 0 saturated carbocycles. The topological polar surface area (TPSA) is 105 Å². The first-order chi connectivity index (χ1) is 16.4. The SMILES string of the molecule is Cc1cc(OCCO)ccc1-c1cccc(COc2ccc(Cn3oc(=O)[n-]c3=O)cc2)c1C.[Na+]. The van der Waals surface area contributed by atoms with Crippen molar-refractivity contribution in [2.45, 2.75) is 27.0 Å². The van der Waals surface area contributed by atoms with E-state index in [0.29, 0.717) is 12.4 Å². The van der Waals surface area contributed by atoms with Gasteiger partial charge in [-0.2, -0.15) is 0 Å². The molecule has 176 valence electrons. The minimum atomic E-state index is -0.899. The van der Waals surface area contributed by atoms with Crippen molar-refractivity contribution in [3.8, 4) is 22.6 Å². The Hall–Kier alpha value is -3.04. The zero-order valence-electron chi connectivity index (χ0n) is 20.0. The molecule has 0 aliphatic carbocycles. The minimum absolute atomic E-state index is 0. The molecular weight excluding hydrogens is 459 g/mol. The molecule has 0 aliphatic heterocycles. The second-order valence-electron chi connectivity index (χ2n) is 7.86. The van der Waals surface area contributed by atoms with Crippen molar-refractivity contribution in [1.29, 1.82) is 0 Å². The van der Waals surface area contributed by atoms with Gasteiger partial charge in [0.25, 0.3) is 0 Å². The summed E-state index contributed by atoms with van der Waals surface area (Å²) in [5.41, 5.74) is 5.60. The molecule has 1 N–H and O–H groups in total. The molecule has 0 bridgehead atoms. The van der Waals surface area contributed by atoms with Crippen molar-refractivity contribution >= 4 is 0 Å². The minimum Gasteiger partial charge on any atom is -0.491 e. The Morgan fingerprint density at radius 1 is 0.943 bits per heavy atom. The van der Waals surface area contributed by atoms with Crippen LogP contribution in [0.2, 0.25) is 0 Å². The number of aliphatic hydroxyl groups excluding tert-OH is 1. The predicted molar refractivity (Wildman–Crippen MR) is 126 cm³/mol. The summed E-state index contributed by atoms with van der Waals surface area (Å²) in [6.07, 6.45) is 0. The van der Waals surface area contributed by atoms with E-state index in [2.05, 4.69) is 18.0 Å². The molecule has 0 radical (unpaired) electrons. The van der Waals surface area contributed by atoms with Crippen LogP contribution in [0.4, 0.5) is 0 Å². The molecule has 1 aromatic heterocycles. The number of aliphatic hydroxyl groups is 1. The molecule has 3 aromatic carbocycles. The summed E-state index contributed by atoms with van der Waals surface area (Å²) in [5.74, 6) is 0.519. The van der Waals surface area contributed by atoms with Crippen molar-refractivity contribution in [2.75, 3.05) is 13.2 Å². The smallest absolute Gasteiger partial charge is 0.491 e. The summed E-state index contributed by atoms with van der Waals surface area (Å²) in [6.45, 7) is 4.89. The number of nitrogens with zero attached hydrogens (tertiary/aromatic N) is 2. The van der Waals surface area contributed by atoms with Crippen LogP contribution < -0.4 is 55.5 Å². The fourth-order valence-electron chi connectivity index (χ4n) is 3.73. The van der Waals surface area contributed by atoms with Gasteiger partial charge in [0, 0.05) is 6.54 Å². The fourth-order valence-corrected chi connectivity index (χ4v) is 3.73. The fraction of sp³-hybridized carbons (Fsp3) is 0.231. The van der Waals surface area contributed by atoms with Crippen LogP contribution in [0, 0.1) is 13.8 Å². The Morgan fingerprint density at radius 3 is 2.34 bits per heavy atom. The molecule has 0 unspecified atom stereocenters. The number of aryl methyl sites for hydroxylation is 1. The van der Waals surface area contributed by atoms with Crippen molar-refractivity contribution in [2.24, 2.45) is 0 Å². The second-order valence-corrected chi connectivity index (χ2v) is 7.86. The van der Waals surface area contributed by atoms with Gasteiger partial charge in [0.15, 0.2) is 5.69 Å². The molecule has 0 amide bonds. The second kappa shape index (κ2) is 12.1. The third kappa shape index (κ3) is 6.55. The first-order valence-corrected chi connectivity index (χ1v) is 10.8. The van der Waals surface area contributed by atoms with Crippen LogP contribution in [0.3, 0.4) is 0 Å². The molecule has 9 heteroatoms. The zero-order valence-corrected chi connectivity index (χ0v) is 22.0. The Labute approximate surface area is 224 Å².